The Balaban J connectivity index is 1.80. The minimum Gasteiger partial charge on any atom is -0.494 e. The fourth-order valence-corrected chi connectivity index (χ4v) is 5.98. The third-order valence-electron chi connectivity index (χ3n) is 9.16. The Hall–Kier alpha value is -3.34. The van der Waals surface area contributed by atoms with Crippen LogP contribution in [0.15, 0.2) is 18.2 Å². The van der Waals surface area contributed by atoms with Crippen molar-refractivity contribution in [3.63, 3.8) is 0 Å². The Labute approximate surface area is 310 Å². The first-order valence-corrected chi connectivity index (χ1v) is 18.9. The second-order valence-corrected chi connectivity index (χ2v) is 13.7. The third kappa shape index (κ3) is 18.4. The molecule has 296 valence electrons. The number of carbonyl (C=O) groups is 4. The van der Waals surface area contributed by atoms with Crippen molar-refractivity contribution in [1.82, 2.24) is 40.9 Å². The van der Waals surface area contributed by atoms with Gasteiger partial charge in [0.1, 0.15) is 17.8 Å². The first-order valence-electron chi connectivity index (χ1n) is 18.9. The molecule has 1 aliphatic rings. The van der Waals surface area contributed by atoms with Crippen LogP contribution in [0.25, 0.3) is 0 Å². The molecule has 2 atom stereocenters. The molecule has 1 aromatic carbocycles. The number of aryl methyl sites for hydroxylation is 2. The molecule has 1 aliphatic heterocycles. The van der Waals surface area contributed by atoms with Gasteiger partial charge in [-0.25, -0.2) is 0 Å². The van der Waals surface area contributed by atoms with E-state index < -0.39 is 24.3 Å². The average molecular weight is 735 g/mol. The van der Waals surface area contributed by atoms with Gasteiger partial charge in [-0.3, -0.25) is 29.0 Å². The van der Waals surface area contributed by atoms with E-state index in [1.165, 1.54) is 0 Å². The molecule has 0 saturated carbocycles. The smallest absolute Gasteiger partial charge is 0.243 e. The average Bonchev–Trinajstić information content (AvgIpc) is 3.09. The van der Waals surface area contributed by atoms with E-state index in [2.05, 4.69) is 51.1 Å². The highest BCUT2D eigenvalue weighted by Crippen LogP contribution is 2.16. The lowest BCUT2D eigenvalue weighted by Crippen LogP contribution is -2.55. The van der Waals surface area contributed by atoms with Gasteiger partial charge in [-0.2, -0.15) is 0 Å². The van der Waals surface area contributed by atoms with Crippen LogP contribution in [0.5, 0.6) is 5.75 Å². The standard InChI is InChI=1S/C37H66N8O7/c1-7-31(36(50)39-13-12-38-33(46)11-10-22-52-30-24-28(4)23-29(5)25-30)41-37(51)32(8-2)40-34(47)26-44-19-18-43(9-3)16-14-42(6)15-17-45(21-20-44)27-35(48)49/h23-25,31-32,35,48-49H,7-22,26-27H2,1-6H3,(H,38,46)(H,39,50)(H,40,47)(H,41,51)/t31-,32-/m0/s1. The number of ether oxygens (including phenoxy) is 1. The highest BCUT2D eigenvalue weighted by atomic mass is 16.5. The van der Waals surface area contributed by atoms with E-state index >= 15 is 0 Å². The number of hydrogen-bond acceptors (Lipinski definition) is 11. The summed E-state index contributed by atoms with van der Waals surface area (Å²) in [7, 11) is 2.06. The van der Waals surface area contributed by atoms with Crippen LogP contribution < -0.4 is 26.0 Å². The van der Waals surface area contributed by atoms with Crippen molar-refractivity contribution in [2.24, 2.45) is 0 Å². The molecule has 15 heteroatoms. The van der Waals surface area contributed by atoms with Gasteiger partial charge in [0.25, 0.3) is 0 Å². The van der Waals surface area contributed by atoms with Crippen LogP contribution in [0.2, 0.25) is 0 Å². The Bertz CT molecular complexity index is 1220. The molecule has 0 aliphatic carbocycles. The summed E-state index contributed by atoms with van der Waals surface area (Å²) in [6.45, 7) is 17.5. The van der Waals surface area contributed by atoms with Crippen molar-refractivity contribution in [2.75, 3.05) is 98.7 Å². The van der Waals surface area contributed by atoms with E-state index in [1.54, 1.807) is 13.8 Å². The molecule has 0 bridgehead atoms. The Kier molecular flexibility index (Phi) is 21.4. The minimum absolute atomic E-state index is 0.0829. The van der Waals surface area contributed by atoms with Gasteiger partial charge < -0.3 is 46.0 Å². The molecule has 2 rings (SSSR count). The number of likely N-dealkylation sites (N-methyl/N-ethyl adjacent to an activating group) is 2. The predicted octanol–water partition coefficient (Wildman–Crippen LogP) is -0.334. The molecule has 4 amide bonds. The highest BCUT2D eigenvalue weighted by Gasteiger charge is 2.26. The lowest BCUT2D eigenvalue weighted by molar-refractivity contribution is -0.132. The minimum atomic E-state index is -1.44. The Morgan fingerprint density at radius 1 is 0.731 bits per heavy atom. The van der Waals surface area contributed by atoms with Crippen LogP contribution in [0, 0.1) is 13.8 Å². The summed E-state index contributed by atoms with van der Waals surface area (Å²) in [4.78, 5) is 60.2. The van der Waals surface area contributed by atoms with Crippen LogP contribution in [0.3, 0.4) is 0 Å². The van der Waals surface area contributed by atoms with E-state index in [9.17, 15) is 29.4 Å². The second kappa shape index (κ2) is 24.8. The fraction of sp³-hybridized carbons (Fsp3) is 0.730. The van der Waals surface area contributed by atoms with Crippen LogP contribution in [-0.4, -0.2) is 171 Å². The van der Waals surface area contributed by atoms with E-state index in [4.69, 9.17) is 4.74 Å². The maximum atomic E-state index is 13.2. The van der Waals surface area contributed by atoms with Gasteiger partial charge in [-0.15, -0.1) is 0 Å². The van der Waals surface area contributed by atoms with E-state index in [1.807, 2.05) is 35.8 Å². The van der Waals surface area contributed by atoms with Crippen molar-refractivity contribution >= 4 is 23.6 Å². The van der Waals surface area contributed by atoms with Crippen molar-refractivity contribution in [2.45, 2.75) is 78.7 Å². The van der Waals surface area contributed by atoms with Crippen molar-refractivity contribution < 1.29 is 34.1 Å². The number of carbonyl (C=O) groups excluding carboxylic acids is 4. The normalized spacial score (nSPS) is 17.0. The van der Waals surface area contributed by atoms with Gasteiger partial charge >= 0.3 is 0 Å². The molecule has 15 nitrogen and oxygen atoms in total. The summed E-state index contributed by atoms with van der Waals surface area (Å²) in [5, 5.41) is 30.4. The Morgan fingerprint density at radius 2 is 1.29 bits per heavy atom. The molecule has 0 unspecified atom stereocenters. The maximum Gasteiger partial charge on any atom is 0.243 e. The zero-order chi connectivity index (χ0) is 38.5. The summed E-state index contributed by atoms with van der Waals surface area (Å²) in [6.07, 6.45) is 0.114. The van der Waals surface area contributed by atoms with Crippen LogP contribution >= 0.6 is 0 Å². The lowest BCUT2D eigenvalue weighted by Gasteiger charge is -2.33. The van der Waals surface area contributed by atoms with Gasteiger partial charge in [-0.1, -0.05) is 26.8 Å². The summed E-state index contributed by atoms with van der Waals surface area (Å²) in [6, 6.07) is 4.39. The third-order valence-corrected chi connectivity index (χ3v) is 9.16. The summed E-state index contributed by atoms with van der Waals surface area (Å²) < 4.78 is 5.76. The monoisotopic (exact) mass is 735 g/mol. The summed E-state index contributed by atoms with van der Waals surface area (Å²) in [5.41, 5.74) is 2.24. The van der Waals surface area contributed by atoms with Gasteiger partial charge in [0.15, 0.2) is 6.29 Å². The van der Waals surface area contributed by atoms with Crippen molar-refractivity contribution in [3.05, 3.63) is 29.3 Å². The van der Waals surface area contributed by atoms with Crippen molar-refractivity contribution in [1.29, 1.82) is 0 Å². The van der Waals surface area contributed by atoms with E-state index in [-0.39, 0.29) is 43.9 Å². The topological polar surface area (TPSA) is 179 Å². The number of amides is 4. The molecular formula is C37H66N8O7. The molecule has 0 radical (unpaired) electrons. The van der Waals surface area contributed by atoms with Crippen LogP contribution in [0.4, 0.5) is 0 Å². The SMILES string of the molecule is CC[C@H](NC(=O)CN1CCN(CC)CCN(C)CCN(CC(O)O)CC1)C(=O)N[C@@H](CC)C(=O)NCCNC(=O)CCCOc1cc(C)cc(C)c1. The van der Waals surface area contributed by atoms with Gasteiger partial charge in [0.05, 0.1) is 13.2 Å². The second-order valence-electron chi connectivity index (χ2n) is 13.7. The largest absolute Gasteiger partial charge is 0.494 e. The van der Waals surface area contributed by atoms with Gasteiger partial charge in [0, 0.05) is 78.4 Å². The molecule has 1 fully saturated rings. The first kappa shape index (κ1) is 44.8. The number of hydrogen-bond donors (Lipinski definition) is 6. The zero-order valence-electron chi connectivity index (χ0n) is 32.4. The van der Waals surface area contributed by atoms with Crippen LogP contribution in [0.1, 0.15) is 57.6 Å². The van der Waals surface area contributed by atoms with Gasteiger partial charge in [-0.05, 0) is 70.0 Å². The number of aliphatic hydroxyl groups excluding tert-OH is 1. The number of benzene rings is 1. The van der Waals surface area contributed by atoms with Gasteiger partial charge in [0.2, 0.25) is 23.6 Å². The Morgan fingerprint density at radius 3 is 1.90 bits per heavy atom. The lowest BCUT2D eigenvalue weighted by atomic mass is 10.1. The molecule has 6 N–H and O–H groups in total. The molecule has 0 aromatic heterocycles. The molecular weight excluding hydrogens is 668 g/mol. The quantitative estimate of drug-likeness (QED) is 0.0810. The number of rotatable bonds is 19. The summed E-state index contributed by atoms with van der Waals surface area (Å²) in [5.74, 6) is -0.443. The molecule has 52 heavy (non-hydrogen) atoms. The molecule has 0 spiro atoms. The first-order chi connectivity index (χ1) is 24.8. The molecule has 1 saturated heterocycles. The number of β-amino-alcohol motifs (C(OH)–C–C–N with tert-alkyl or cyclic N) is 2. The fourth-order valence-electron chi connectivity index (χ4n) is 5.98. The predicted molar refractivity (Wildman–Crippen MR) is 202 cm³/mol. The van der Waals surface area contributed by atoms with Crippen molar-refractivity contribution in [3.8, 4) is 5.75 Å². The molecule has 1 heterocycles. The van der Waals surface area contributed by atoms with E-state index in [0.717, 1.165) is 49.6 Å². The van der Waals surface area contributed by atoms with Crippen LogP contribution in [-0.2, 0) is 19.2 Å². The number of aliphatic hydroxyl groups is 2. The maximum absolute atomic E-state index is 13.2. The summed E-state index contributed by atoms with van der Waals surface area (Å²) >= 11 is 0. The number of nitrogens with zero attached hydrogens (tertiary/aromatic N) is 4. The number of nitrogens with one attached hydrogen (secondary N) is 4. The molecule has 1 aromatic rings. The zero-order valence-corrected chi connectivity index (χ0v) is 32.4. The highest BCUT2D eigenvalue weighted by molar-refractivity contribution is 5.92. The van der Waals surface area contributed by atoms with E-state index in [0.29, 0.717) is 58.5 Å².